The molecule has 0 bridgehead atoms. The lowest BCUT2D eigenvalue weighted by molar-refractivity contribution is 0.481. The van der Waals surface area contributed by atoms with Gasteiger partial charge >= 0.3 is 0 Å². The zero-order chi connectivity index (χ0) is 12.4. The third-order valence-electron chi connectivity index (χ3n) is 2.35. The van der Waals surface area contributed by atoms with Gasteiger partial charge in [-0.05, 0) is 42.8 Å². The van der Waals surface area contributed by atoms with E-state index in [-0.39, 0.29) is 0 Å². The van der Waals surface area contributed by atoms with E-state index in [1.165, 1.54) is 0 Å². The van der Waals surface area contributed by atoms with Gasteiger partial charge in [-0.15, -0.1) is 0 Å². The molecule has 0 aliphatic rings. The average molecular weight is 313 g/mol. The highest BCUT2D eigenvalue weighted by Gasteiger charge is 2.08. The van der Waals surface area contributed by atoms with Gasteiger partial charge in [0.2, 0.25) is 0 Å². The van der Waals surface area contributed by atoms with Crippen LogP contribution >= 0.6 is 27.5 Å². The summed E-state index contributed by atoms with van der Waals surface area (Å²) in [5, 5.41) is 0.507. The molecule has 2 aromatic carbocycles. The highest BCUT2D eigenvalue weighted by Crippen LogP contribution is 2.36. The summed E-state index contributed by atoms with van der Waals surface area (Å²) in [4.78, 5) is 0. The predicted octanol–water partition coefficient (Wildman–Crippen LogP) is 4.79. The third-order valence-corrected chi connectivity index (χ3v) is 3.14. The molecular formula is C13H11BrClNO. The SMILES string of the molecule is Cc1cc(Br)ccc1Oc1c(N)cccc1Cl. The number of hydrogen-bond acceptors (Lipinski definition) is 2. The van der Waals surface area contributed by atoms with Crippen molar-refractivity contribution in [3.8, 4) is 11.5 Å². The minimum Gasteiger partial charge on any atom is -0.453 e. The standard InChI is InChI=1S/C13H11BrClNO/c1-8-7-9(14)5-6-12(8)17-13-10(15)3-2-4-11(13)16/h2-7H,16H2,1H3. The minimum atomic E-state index is 0.500. The second-order valence-electron chi connectivity index (χ2n) is 3.67. The molecule has 0 aliphatic heterocycles. The van der Waals surface area contributed by atoms with Crippen molar-refractivity contribution < 1.29 is 4.74 Å². The van der Waals surface area contributed by atoms with Crippen LogP contribution in [0.25, 0.3) is 0 Å². The summed E-state index contributed by atoms with van der Waals surface area (Å²) >= 11 is 9.45. The molecule has 88 valence electrons. The number of ether oxygens (including phenoxy) is 1. The number of nitrogen functional groups attached to an aromatic ring is 1. The first-order chi connectivity index (χ1) is 8.08. The van der Waals surface area contributed by atoms with E-state index in [0.29, 0.717) is 16.5 Å². The summed E-state index contributed by atoms with van der Waals surface area (Å²) in [7, 11) is 0. The molecule has 2 rings (SSSR count). The first-order valence-electron chi connectivity index (χ1n) is 5.06. The normalized spacial score (nSPS) is 10.3. The third kappa shape index (κ3) is 2.73. The summed E-state index contributed by atoms with van der Waals surface area (Å²) in [5.41, 5.74) is 7.37. The quantitative estimate of drug-likeness (QED) is 0.810. The van der Waals surface area contributed by atoms with Gasteiger partial charge in [0.25, 0.3) is 0 Å². The van der Waals surface area contributed by atoms with Gasteiger partial charge < -0.3 is 10.5 Å². The molecule has 0 spiro atoms. The van der Waals surface area contributed by atoms with Crippen molar-refractivity contribution in [2.45, 2.75) is 6.92 Å². The fourth-order valence-corrected chi connectivity index (χ4v) is 2.17. The molecule has 0 atom stereocenters. The fourth-order valence-electron chi connectivity index (χ4n) is 1.47. The number of hydrogen-bond donors (Lipinski definition) is 1. The van der Waals surface area contributed by atoms with Crippen molar-refractivity contribution in [2.24, 2.45) is 0 Å². The van der Waals surface area contributed by atoms with Crippen LogP contribution < -0.4 is 10.5 Å². The molecule has 0 aliphatic carbocycles. The van der Waals surface area contributed by atoms with Crippen molar-refractivity contribution >= 4 is 33.2 Å². The Balaban J connectivity index is 2.38. The van der Waals surface area contributed by atoms with Gasteiger partial charge in [0.15, 0.2) is 5.75 Å². The molecular weight excluding hydrogens is 302 g/mol. The first kappa shape index (κ1) is 12.3. The van der Waals surface area contributed by atoms with Crippen LogP contribution in [0.4, 0.5) is 5.69 Å². The topological polar surface area (TPSA) is 35.2 Å². The first-order valence-corrected chi connectivity index (χ1v) is 6.23. The van der Waals surface area contributed by atoms with E-state index in [2.05, 4.69) is 15.9 Å². The van der Waals surface area contributed by atoms with Gasteiger partial charge in [-0.3, -0.25) is 0 Å². The Hall–Kier alpha value is -1.19. The van der Waals surface area contributed by atoms with Crippen molar-refractivity contribution in [1.82, 2.24) is 0 Å². The Morgan fingerprint density at radius 3 is 2.65 bits per heavy atom. The van der Waals surface area contributed by atoms with Crippen LogP contribution in [-0.2, 0) is 0 Å². The minimum absolute atomic E-state index is 0.500. The number of benzene rings is 2. The molecule has 0 saturated heterocycles. The molecule has 2 nitrogen and oxygen atoms in total. The lowest BCUT2D eigenvalue weighted by atomic mass is 10.2. The molecule has 17 heavy (non-hydrogen) atoms. The summed E-state index contributed by atoms with van der Waals surface area (Å²) < 4.78 is 6.76. The van der Waals surface area contributed by atoms with E-state index < -0.39 is 0 Å². The van der Waals surface area contributed by atoms with Crippen LogP contribution in [-0.4, -0.2) is 0 Å². The zero-order valence-electron chi connectivity index (χ0n) is 9.21. The van der Waals surface area contributed by atoms with Gasteiger partial charge in [-0.2, -0.15) is 0 Å². The van der Waals surface area contributed by atoms with E-state index in [0.717, 1.165) is 15.8 Å². The molecule has 2 N–H and O–H groups in total. The molecule has 4 heteroatoms. The summed E-state index contributed by atoms with van der Waals surface area (Å²) in [6.07, 6.45) is 0. The van der Waals surface area contributed by atoms with Crippen LogP contribution in [0.2, 0.25) is 5.02 Å². The van der Waals surface area contributed by atoms with Gasteiger partial charge in [-0.25, -0.2) is 0 Å². The monoisotopic (exact) mass is 311 g/mol. The molecule has 0 saturated carbocycles. The number of para-hydroxylation sites is 1. The van der Waals surface area contributed by atoms with Crippen LogP contribution in [0, 0.1) is 6.92 Å². The average Bonchev–Trinajstić information content (AvgIpc) is 2.26. The van der Waals surface area contributed by atoms with Gasteiger partial charge in [-0.1, -0.05) is 33.6 Å². The van der Waals surface area contributed by atoms with Crippen LogP contribution in [0.3, 0.4) is 0 Å². The van der Waals surface area contributed by atoms with E-state index >= 15 is 0 Å². The number of halogens is 2. The molecule has 0 unspecified atom stereocenters. The summed E-state index contributed by atoms with van der Waals surface area (Å²) in [6, 6.07) is 11.1. The Labute approximate surface area is 113 Å². The molecule has 2 aromatic rings. The lowest BCUT2D eigenvalue weighted by Crippen LogP contribution is -1.94. The van der Waals surface area contributed by atoms with Crippen molar-refractivity contribution in [3.05, 3.63) is 51.5 Å². The Morgan fingerprint density at radius 1 is 1.24 bits per heavy atom. The van der Waals surface area contributed by atoms with E-state index in [1.807, 2.05) is 25.1 Å². The smallest absolute Gasteiger partial charge is 0.168 e. The lowest BCUT2D eigenvalue weighted by Gasteiger charge is -2.12. The van der Waals surface area contributed by atoms with Crippen LogP contribution in [0.5, 0.6) is 11.5 Å². The maximum atomic E-state index is 6.05. The fraction of sp³-hybridized carbons (Fsp3) is 0.0769. The van der Waals surface area contributed by atoms with Crippen LogP contribution in [0.1, 0.15) is 5.56 Å². The highest BCUT2D eigenvalue weighted by molar-refractivity contribution is 9.10. The van der Waals surface area contributed by atoms with E-state index in [9.17, 15) is 0 Å². The van der Waals surface area contributed by atoms with E-state index in [4.69, 9.17) is 22.1 Å². The van der Waals surface area contributed by atoms with Gasteiger partial charge in [0.1, 0.15) is 5.75 Å². The number of aryl methyl sites for hydroxylation is 1. The molecule has 0 aromatic heterocycles. The van der Waals surface area contributed by atoms with Crippen molar-refractivity contribution in [1.29, 1.82) is 0 Å². The Bertz CT molecular complexity index is 537. The molecule has 0 fully saturated rings. The molecule has 0 radical (unpaired) electrons. The number of anilines is 1. The molecule has 0 amide bonds. The number of nitrogens with two attached hydrogens (primary N) is 1. The van der Waals surface area contributed by atoms with Crippen LogP contribution in [0.15, 0.2) is 40.9 Å². The zero-order valence-corrected chi connectivity index (χ0v) is 11.5. The molecule has 0 heterocycles. The summed E-state index contributed by atoms with van der Waals surface area (Å²) in [5.74, 6) is 1.24. The van der Waals surface area contributed by atoms with Crippen molar-refractivity contribution in [2.75, 3.05) is 5.73 Å². The maximum absolute atomic E-state index is 6.05. The second kappa shape index (κ2) is 4.98. The van der Waals surface area contributed by atoms with Crippen molar-refractivity contribution in [3.63, 3.8) is 0 Å². The Morgan fingerprint density at radius 2 is 2.00 bits per heavy atom. The number of rotatable bonds is 2. The van der Waals surface area contributed by atoms with Gasteiger partial charge in [0.05, 0.1) is 10.7 Å². The summed E-state index contributed by atoms with van der Waals surface area (Å²) in [6.45, 7) is 1.97. The second-order valence-corrected chi connectivity index (χ2v) is 4.99. The van der Waals surface area contributed by atoms with E-state index in [1.54, 1.807) is 18.2 Å². The highest BCUT2D eigenvalue weighted by atomic mass is 79.9. The predicted molar refractivity (Wildman–Crippen MR) is 74.8 cm³/mol. The largest absolute Gasteiger partial charge is 0.453 e. The Kier molecular flexibility index (Phi) is 3.60. The maximum Gasteiger partial charge on any atom is 0.168 e. The van der Waals surface area contributed by atoms with Gasteiger partial charge in [0, 0.05) is 4.47 Å².